The fourth-order valence-corrected chi connectivity index (χ4v) is 1.77. The zero-order chi connectivity index (χ0) is 12.4. The van der Waals surface area contributed by atoms with Crippen LogP contribution in [-0.2, 0) is 0 Å². The number of hydrogen-bond donors (Lipinski definition) is 1. The second-order valence-corrected chi connectivity index (χ2v) is 4.08. The van der Waals surface area contributed by atoms with Crippen molar-refractivity contribution < 1.29 is 9.90 Å². The van der Waals surface area contributed by atoms with Crippen molar-refractivity contribution in [1.29, 1.82) is 5.26 Å². The van der Waals surface area contributed by atoms with Gasteiger partial charge in [-0.2, -0.15) is 10.4 Å². The largest absolute Gasteiger partial charge is 0.476 e. The fourth-order valence-electron chi connectivity index (χ4n) is 1.32. The molecule has 0 saturated carbocycles. The van der Waals surface area contributed by atoms with E-state index in [9.17, 15) is 4.79 Å². The van der Waals surface area contributed by atoms with Crippen molar-refractivity contribution in [3.63, 3.8) is 0 Å². The summed E-state index contributed by atoms with van der Waals surface area (Å²) in [6, 6.07) is 8.48. The van der Waals surface area contributed by atoms with Gasteiger partial charge in [-0.1, -0.05) is 0 Å². The summed E-state index contributed by atoms with van der Waals surface area (Å²) in [4.78, 5) is 10.7. The van der Waals surface area contributed by atoms with E-state index in [1.165, 1.54) is 10.7 Å². The molecule has 17 heavy (non-hydrogen) atoms. The van der Waals surface area contributed by atoms with Gasteiger partial charge in [-0.15, -0.1) is 0 Å². The number of aromatic carboxylic acids is 1. The Hall–Kier alpha value is -2.13. The number of aromatic nitrogens is 2. The molecule has 0 amide bonds. The van der Waals surface area contributed by atoms with Gasteiger partial charge in [0.25, 0.3) is 0 Å². The molecule has 0 aliphatic heterocycles. The highest BCUT2D eigenvalue weighted by Gasteiger charge is 2.08. The summed E-state index contributed by atoms with van der Waals surface area (Å²) in [5.74, 6) is -1.07. The number of halogens is 1. The summed E-state index contributed by atoms with van der Waals surface area (Å²) in [7, 11) is 0. The number of rotatable bonds is 2. The smallest absolute Gasteiger partial charge is 0.356 e. The summed E-state index contributed by atoms with van der Waals surface area (Å²) in [5, 5.41) is 21.4. The van der Waals surface area contributed by atoms with Gasteiger partial charge in [-0.25, -0.2) is 9.48 Å². The molecule has 0 aliphatic rings. The SMILES string of the molecule is N#Cc1ccc(-n2ccc(C(=O)O)n2)cc1Br. The van der Waals surface area contributed by atoms with Crippen LogP contribution in [0.1, 0.15) is 16.1 Å². The first-order valence-electron chi connectivity index (χ1n) is 4.61. The number of nitrogens with zero attached hydrogens (tertiary/aromatic N) is 3. The summed E-state index contributed by atoms with van der Waals surface area (Å²) in [6.45, 7) is 0. The molecule has 0 radical (unpaired) electrons. The molecule has 0 bridgehead atoms. The van der Waals surface area contributed by atoms with Crippen LogP contribution in [0.15, 0.2) is 34.9 Å². The van der Waals surface area contributed by atoms with E-state index in [0.717, 1.165) is 0 Å². The number of nitriles is 1. The van der Waals surface area contributed by atoms with Crippen molar-refractivity contribution in [2.45, 2.75) is 0 Å². The van der Waals surface area contributed by atoms with E-state index in [-0.39, 0.29) is 5.69 Å². The van der Waals surface area contributed by atoms with Crippen LogP contribution in [0.25, 0.3) is 5.69 Å². The van der Waals surface area contributed by atoms with E-state index in [1.807, 2.05) is 6.07 Å². The molecule has 2 aromatic rings. The van der Waals surface area contributed by atoms with Crippen molar-refractivity contribution in [3.05, 3.63) is 46.2 Å². The Morgan fingerprint density at radius 3 is 2.76 bits per heavy atom. The molecule has 84 valence electrons. The Bertz CT molecular complexity index is 628. The van der Waals surface area contributed by atoms with Crippen LogP contribution in [0.5, 0.6) is 0 Å². The van der Waals surface area contributed by atoms with E-state index < -0.39 is 5.97 Å². The van der Waals surface area contributed by atoms with Crippen LogP contribution in [0.3, 0.4) is 0 Å². The Kier molecular flexibility index (Phi) is 2.93. The maximum atomic E-state index is 10.7. The first kappa shape index (κ1) is 11.4. The van der Waals surface area contributed by atoms with Gasteiger partial charge in [-0.05, 0) is 40.2 Å². The van der Waals surface area contributed by atoms with Gasteiger partial charge in [0.2, 0.25) is 0 Å². The lowest BCUT2D eigenvalue weighted by Gasteiger charge is -2.02. The third-order valence-electron chi connectivity index (χ3n) is 2.15. The average Bonchev–Trinajstić information content (AvgIpc) is 2.78. The van der Waals surface area contributed by atoms with Crippen LogP contribution in [0.4, 0.5) is 0 Å². The standard InChI is InChI=1S/C11H6BrN3O2/c12-9-5-8(2-1-7(9)6-13)15-4-3-10(14-15)11(16)17/h1-5H,(H,16,17). The van der Waals surface area contributed by atoms with E-state index in [1.54, 1.807) is 24.4 Å². The molecule has 1 heterocycles. The minimum atomic E-state index is -1.07. The van der Waals surface area contributed by atoms with Crippen molar-refractivity contribution in [2.75, 3.05) is 0 Å². The lowest BCUT2D eigenvalue weighted by molar-refractivity contribution is 0.0690. The number of benzene rings is 1. The molecule has 2 rings (SSSR count). The summed E-state index contributed by atoms with van der Waals surface area (Å²) >= 11 is 3.26. The van der Waals surface area contributed by atoms with Crippen molar-refractivity contribution >= 4 is 21.9 Å². The number of carbonyl (C=O) groups is 1. The van der Waals surface area contributed by atoms with Gasteiger partial charge in [0.05, 0.1) is 11.3 Å². The molecule has 1 aromatic carbocycles. The van der Waals surface area contributed by atoms with E-state index in [4.69, 9.17) is 10.4 Å². The first-order valence-corrected chi connectivity index (χ1v) is 5.40. The highest BCUT2D eigenvalue weighted by Crippen LogP contribution is 2.20. The van der Waals surface area contributed by atoms with Gasteiger partial charge in [0.15, 0.2) is 5.69 Å². The zero-order valence-electron chi connectivity index (χ0n) is 8.46. The van der Waals surface area contributed by atoms with E-state index >= 15 is 0 Å². The molecule has 6 heteroatoms. The predicted molar refractivity (Wildman–Crippen MR) is 62.9 cm³/mol. The molecule has 0 atom stereocenters. The predicted octanol–water partition coefficient (Wildman–Crippen LogP) is 2.20. The van der Waals surface area contributed by atoms with Crippen molar-refractivity contribution in [1.82, 2.24) is 9.78 Å². The van der Waals surface area contributed by atoms with Gasteiger partial charge in [0, 0.05) is 10.7 Å². The number of hydrogen-bond acceptors (Lipinski definition) is 3. The molecule has 1 aromatic heterocycles. The molecule has 0 saturated heterocycles. The lowest BCUT2D eigenvalue weighted by atomic mass is 10.2. The number of carboxylic acid groups (broad SMARTS) is 1. The molecule has 5 nitrogen and oxygen atoms in total. The van der Waals surface area contributed by atoms with Crippen molar-refractivity contribution in [2.24, 2.45) is 0 Å². The number of carboxylic acids is 1. The Labute approximate surface area is 105 Å². The van der Waals surface area contributed by atoms with Crippen LogP contribution in [-0.4, -0.2) is 20.9 Å². The highest BCUT2D eigenvalue weighted by molar-refractivity contribution is 9.10. The topological polar surface area (TPSA) is 78.9 Å². The monoisotopic (exact) mass is 291 g/mol. The normalized spacial score (nSPS) is 9.88. The molecule has 0 unspecified atom stereocenters. The molecular formula is C11H6BrN3O2. The molecule has 0 spiro atoms. The molecule has 0 fully saturated rings. The summed E-state index contributed by atoms with van der Waals surface area (Å²) in [5.41, 5.74) is 1.17. The zero-order valence-corrected chi connectivity index (χ0v) is 10.0. The van der Waals surface area contributed by atoms with Crippen LogP contribution in [0.2, 0.25) is 0 Å². The van der Waals surface area contributed by atoms with Gasteiger partial charge in [0.1, 0.15) is 6.07 Å². The Morgan fingerprint density at radius 2 is 2.24 bits per heavy atom. The van der Waals surface area contributed by atoms with Crippen LogP contribution >= 0.6 is 15.9 Å². The fraction of sp³-hybridized carbons (Fsp3) is 0. The van der Waals surface area contributed by atoms with Gasteiger partial charge in [-0.3, -0.25) is 0 Å². The van der Waals surface area contributed by atoms with E-state index in [2.05, 4.69) is 21.0 Å². The van der Waals surface area contributed by atoms with E-state index in [0.29, 0.717) is 15.7 Å². The van der Waals surface area contributed by atoms with Crippen LogP contribution < -0.4 is 0 Å². The maximum Gasteiger partial charge on any atom is 0.356 e. The quantitative estimate of drug-likeness (QED) is 0.920. The summed E-state index contributed by atoms with van der Waals surface area (Å²) in [6.07, 6.45) is 1.55. The lowest BCUT2D eigenvalue weighted by Crippen LogP contribution is -2.01. The average molecular weight is 292 g/mol. The molecule has 0 aliphatic carbocycles. The molecule has 1 N–H and O–H groups in total. The minimum absolute atomic E-state index is 0.0227. The highest BCUT2D eigenvalue weighted by atomic mass is 79.9. The first-order chi connectivity index (χ1) is 8.11. The summed E-state index contributed by atoms with van der Waals surface area (Å²) < 4.78 is 2.08. The third kappa shape index (κ3) is 2.19. The Balaban J connectivity index is 2.43. The minimum Gasteiger partial charge on any atom is -0.476 e. The second kappa shape index (κ2) is 4.39. The third-order valence-corrected chi connectivity index (χ3v) is 2.80. The van der Waals surface area contributed by atoms with Crippen LogP contribution in [0, 0.1) is 11.3 Å². The maximum absolute atomic E-state index is 10.7. The van der Waals surface area contributed by atoms with Crippen molar-refractivity contribution in [3.8, 4) is 11.8 Å². The Morgan fingerprint density at radius 1 is 1.47 bits per heavy atom. The second-order valence-electron chi connectivity index (χ2n) is 3.23. The van der Waals surface area contributed by atoms with Gasteiger partial charge >= 0.3 is 5.97 Å². The molecular weight excluding hydrogens is 286 g/mol. The van der Waals surface area contributed by atoms with Gasteiger partial charge < -0.3 is 5.11 Å².